The van der Waals surface area contributed by atoms with Crippen LogP contribution in [0.1, 0.15) is 0 Å². The Morgan fingerprint density at radius 2 is 2.20 bits per heavy atom. The van der Waals surface area contributed by atoms with Gasteiger partial charge in [-0.3, -0.25) is 9.69 Å². The van der Waals surface area contributed by atoms with Gasteiger partial charge in [0.05, 0.1) is 29.2 Å². The number of fused-ring (bicyclic) bond motifs is 1. The minimum atomic E-state index is -0.103. The maximum atomic E-state index is 11.8. The number of ether oxygens (including phenoxy) is 1. The fraction of sp³-hybridized carbons (Fsp3) is 0.154. The number of para-hydroxylation sites is 2. The predicted molar refractivity (Wildman–Crippen MR) is 78.4 cm³/mol. The Morgan fingerprint density at radius 1 is 1.40 bits per heavy atom. The lowest BCUT2D eigenvalue weighted by molar-refractivity contribution is -0.115. The summed E-state index contributed by atoms with van der Waals surface area (Å²) in [4.78, 5) is 22.1. The lowest BCUT2D eigenvalue weighted by Crippen LogP contribution is -2.35. The number of rotatable bonds is 2. The minimum absolute atomic E-state index is 0.103. The van der Waals surface area contributed by atoms with E-state index in [1.807, 2.05) is 24.3 Å². The zero-order valence-corrected chi connectivity index (χ0v) is 12.2. The molecule has 1 aromatic heterocycles. The molecule has 0 unspecified atom stereocenters. The van der Waals surface area contributed by atoms with Gasteiger partial charge in [-0.15, -0.1) is 0 Å². The van der Waals surface area contributed by atoms with Crippen molar-refractivity contribution in [1.29, 1.82) is 0 Å². The number of hydrogen-bond acceptors (Lipinski definition) is 5. The van der Waals surface area contributed by atoms with Gasteiger partial charge in [-0.05, 0) is 28.1 Å². The van der Waals surface area contributed by atoms with E-state index in [1.165, 1.54) is 7.11 Å². The molecule has 0 radical (unpaired) electrons. The van der Waals surface area contributed by atoms with Crippen LogP contribution in [0.15, 0.2) is 34.9 Å². The van der Waals surface area contributed by atoms with Crippen LogP contribution < -0.4 is 15.0 Å². The van der Waals surface area contributed by atoms with Crippen LogP contribution in [-0.2, 0) is 4.79 Å². The molecule has 2 aromatic rings. The standard InChI is InChI=1S/C13H11BrN4O2/c1-20-12-8(14)6-15-13(17-12)18-7-11(19)16-9-4-2-3-5-10(9)18/h2-6H,7H2,1H3,(H,16,19). The Kier molecular flexibility index (Phi) is 3.27. The van der Waals surface area contributed by atoms with Crippen molar-refractivity contribution >= 4 is 39.2 Å². The molecule has 0 atom stereocenters. The van der Waals surface area contributed by atoms with Crippen molar-refractivity contribution in [3.8, 4) is 5.88 Å². The molecule has 1 amide bonds. The number of nitrogens with one attached hydrogen (secondary N) is 1. The van der Waals surface area contributed by atoms with Crippen molar-refractivity contribution < 1.29 is 9.53 Å². The van der Waals surface area contributed by atoms with E-state index in [1.54, 1.807) is 11.1 Å². The molecule has 6 nitrogen and oxygen atoms in total. The average molecular weight is 335 g/mol. The smallest absolute Gasteiger partial charge is 0.244 e. The Hall–Kier alpha value is -2.15. The lowest BCUT2D eigenvalue weighted by Gasteiger charge is -2.29. The third-order valence-electron chi connectivity index (χ3n) is 2.90. The first-order valence-electron chi connectivity index (χ1n) is 5.92. The van der Waals surface area contributed by atoms with Gasteiger partial charge in [-0.2, -0.15) is 4.98 Å². The van der Waals surface area contributed by atoms with Crippen LogP contribution in [0, 0.1) is 0 Å². The highest BCUT2D eigenvalue weighted by atomic mass is 79.9. The fourth-order valence-corrected chi connectivity index (χ4v) is 2.38. The van der Waals surface area contributed by atoms with Gasteiger partial charge in [0, 0.05) is 0 Å². The fourth-order valence-electron chi connectivity index (χ4n) is 2.03. The molecule has 1 N–H and O–H groups in total. The van der Waals surface area contributed by atoms with Gasteiger partial charge >= 0.3 is 0 Å². The highest BCUT2D eigenvalue weighted by molar-refractivity contribution is 9.10. The molecule has 1 aliphatic rings. The predicted octanol–water partition coefficient (Wildman–Crippen LogP) is 2.34. The van der Waals surface area contributed by atoms with Gasteiger partial charge in [-0.1, -0.05) is 12.1 Å². The molecule has 1 aromatic carbocycles. The van der Waals surface area contributed by atoms with Crippen LogP contribution in [-0.4, -0.2) is 29.5 Å². The number of hydrogen-bond donors (Lipinski definition) is 1. The molecular weight excluding hydrogens is 324 g/mol. The number of carbonyl (C=O) groups is 1. The Morgan fingerprint density at radius 3 is 3.00 bits per heavy atom. The first kappa shape index (κ1) is 12.9. The maximum absolute atomic E-state index is 11.8. The minimum Gasteiger partial charge on any atom is -0.480 e. The number of benzene rings is 1. The van der Waals surface area contributed by atoms with Gasteiger partial charge in [0.2, 0.25) is 17.7 Å². The SMILES string of the molecule is COc1nc(N2CC(=O)Nc3ccccc32)ncc1Br. The van der Waals surface area contributed by atoms with E-state index < -0.39 is 0 Å². The van der Waals surface area contributed by atoms with Crippen LogP contribution in [0.3, 0.4) is 0 Å². The van der Waals surface area contributed by atoms with E-state index in [0.717, 1.165) is 11.4 Å². The second-order valence-corrected chi connectivity index (χ2v) is 5.03. The number of carbonyl (C=O) groups excluding carboxylic acids is 1. The van der Waals surface area contributed by atoms with Crippen molar-refractivity contribution in [1.82, 2.24) is 9.97 Å². The summed E-state index contributed by atoms with van der Waals surface area (Å²) >= 11 is 3.31. The van der Waals surface area contributed by atoms with Crippen molar-refractivity contribution in [3.63, 3.8) is 0 Å². The average Bonchev–Trinajstić information content (AvgIpc) is 2.47. The number of amides is 1. The Bertz CT molecular complexity index is 677. The molecule has 0 spiro atoms. The van der Waals surface area contributed by atoms with E-state index >= 15 is 0 Å². The summed E-state index contributed by atoms with van der Waals surface area (Å²) in [6.07, 6.45) is 1.61. The summed E-state index contributed by atoms with van der Waals surface area (Å²) < 4.78 is 5.83. The monoisotopic (exact) mass is 334 g/mol. The van der Waals surface area contributed by atoms with Gasteiger partial charge < -0.3 is 10.1 Å². The van der Waals surface area contributed by atoms with Crippen molar-refractivity contribution in [2.24, 2.45) is 0 Å². The summed E-state index contributed by atoms with van der Waals surface area (Å²) in [5.41, 5.74) is 1.60. The summed E-state index contributed by atoms with van der Waals surface area (Å²) in [6, 6.07) is 7.52. The topological polar surface area (TPSA) is 67.3 Å². The highest BCUT2D eigenvalue weighted by Gasteiger charge is 2.25. The summed E-state index contributed by atoms with van der Waals surface area (Å²) in [5.74, 6) is 0.750. The largest absolute Gasteiger partial charge is 0.480 e. The second-order valence-electron chi connectivity index (χ2n) is 4.18. The lowest BCUT2D eigenvalue weighted by atomic mass is 10.2. The first-order valence-corrected chi connectivity index (χ1v) is 6.71. The molecule has 7 heteroatoms. The van der Waals surface area contributed by atoms with Crippen LogP contribution in [0.4, 0.5) is 17.3 Å². The van der Waals surface area contributed by atoms with E-state index in [9.17, 15) is 4.79 Å². The van der Waals surface area contributed by atoms with Crippen LogP contribution in [0.5, 0.6) is 5.88 Å². The summed E-state index contributed by atoms with van der Waals surface area (Å²) in [7, 11) is 1.54. The normalized spacial score (nSPS) is 13.7. The zero-order valence-electron chi connectivity index (χ0n) is 10.6. The quantitative estimate of drug-likeness (QED) is 0.912. The molecule has 20 heavy (non-hydrogen) atoms. The van der Waals surface area contributed by atoms with E-state index in [4.69, 9.17) is 4.74 Å². The van der Waals surface area contributed by atoms with Gasteiger partial charge in [-0.25, -0.2) is 4.98 Å². The molecule has 0 saturated heterocycles. The van der Waals surface area contributed by atoms with Crippen molar-refractivity contribution in [3.05, 3.63) is 34.9 Å². The molecule has 1 aliphatic heterocycles. The molecular formula is C13H11BrN4O2. The van der Waals surface area contributed by atoms with E-state index in [0.29, 0.717) is 16.3 Å². The number of aromatic nitrogens is 2. The number of methoxy groups -OCH3 is 1. The Balaban J connectivity index is 2.08. The molecule has 0 aliphatic carbocycles. The summed E-state index contributed by atoms with van der Waals surface area (Å²) in [5, 5.41) is 2.82. The summed E-state index contributed by atoms with van der Waals surface area (Å²) in [6.45, 7) is 0.168. The molecule has 3 rings (SSSR count). The molecule has 0 bridgehead atoms. The molecule has 0 fully saturated rings. The molecule has 102 valence electrons. The van der Waals surface area contributed by atoms with Crippen molar-refractivity contribution in [2.75, 3.05) is 23.9 Å². The Labute approximate surface area is 123 Å². The number of anilines is 3. The highest BCUT2D eigenvalue weighted by Crippen LogP contribution is 2.34. The molecule has 0 saturated carbocycles. The zero-order chi connectivity index (χ0) is 14.1. The van der Waals surface area contributed by atoms with Crippen LogP contribution in [0.25, 0.3) is 0 Å². The van der Waals surface area contributed by atoms with Crippen molar-refractivity contribution in [2.45, 2.75) is 0 Å². The second kappa shape index (κ2) is 5.09. The van der Waals surface area contributed by atoms with E-state index in [-0.39, 0.29) is 12.5 Å². The van der Waals surface area contributed by atoms with Gasteiger partial charge in [0.15, 0.2) is 0 Å². The molecule has 2 heterocycles. The number of halogens is 1. The van der Waals surface area contributed by atoms with Gasteiger partial charge in [0.25, 0.3) is 0 Å². The third kappa shape index (κ3) is 2.20. The van der Waals surface area contributed by atoms with E-state index in [2.05, 4.69) is 31.2 Å². The van der Waals surface area contributed by atoms with Crippen LogP contribution >= 0.6 is 15.9 Å². The number of nitrogens with zero attached hydrogens (tertiary/aromatic N) is 3. The first-order chi connectivity index (χ1) is 9.69. The van der Waals surface area contributed by atoms with Crippen LogP contribution in [0.2, 0.25) is 0 Å². The maximum Gasteiger partial charge on any atom is 0.244 e. The third-order valence-corrected chi connectivity index (χ3v) is 3.45. The van der Waals surface area contributed by atoms with Gasteiger partial charge in [0.1, 0.15) is 6.54 Å².